The predicted molar refractivity (Wildman–Crippen MR) is 76.3 cm³/mol. The number of rotatable bonds is 3. The van der Waals surface area contributed by atoms with Gasteiger partial charge in [-0.05, 0) is 30.2 Å². The second kappa shape index (κ2) is 5.75. The number of aliphatic hydroxyl groups is 1. The minimum atomic E-state index is -0.552. The van der Waals surface area contributed by atoms with Crippen molar-refractivity contribution in [3.05, 3.63) is 69.2 Å². The minimum absolute atomic E-state index is 0.485. The third kappa shape index (κ3) is 3.26. The molecule has 1 atom stereocenters. The molecule has 0 fully saturated rings. The number of hydrogen-bond acceptors (Lipinski definition) is 1. The molecular formula is C15H14Cl2O. The molecule has 0 aliphatic carbocycles. The van der Waals surface area contributed by atoms with E-state index in [1.165, 1.54) is 5.56 Å². The van der Waals surface area contributed by atoms with E-state index in [1.807, 2.05) is 37.3 Å². The van der Waals surface area contributed by atoms with E-state index in [4.69, 9.17) is 23.2 Å². The number of halogens is 2. The van der Waals surface area contributed by atoms with E-state index in [0.717, 1.165) is 11.1 Å². The van der Waals surface area contributed by atoms with Crippen LogP contribution < -0.4 is 0 Å². The molecule has 18 heavy (non-hydrogen) atoms. The van der Waals surface area contributed by atoms with Crippen molar-refractivity contribution >= 4 is 23.2 Å². The Morgan fingerprint density at radius 1 is 1.06 bits per heavy atom. The van der Waals surface area contributed by atoms with Gasteiger partial charge in [0, 0.05) is 16.5 Å². The van der Waals surface area contributed by atoms with E-state index in [2.05, 4.69) is 0 Å². The van der Waals surface area contributed by atoms with Crippen LogP contribution in [0.2, 0.25) is 10.0 Å². The Balaban J connectivity index is 2.15. The van der Waals surface area contributed by atoms with Gasteiger partial charge in [0.15, 0.2) is 0 Å². The summed E-state index contributed by atoms with van der Waals surface area (Å²) in [4.78, 5) is 0. The lowest BCUT2D eigenvalue weighted by Crippen LogP contribution is -2.02. The molecule has 0 saturated heterocycles. The first kappa shape index (κ1) is 13.4. The van der Waals surface area contributed by atoms with Crippen LogP contribution in [0.3, 0.4) is 0 Å². The summed E-state index contributed by atoms with van der Waals surface area (Å²) in [6, 6.07) is 13.2. The van der Waals surface area contributed by atoms with Gasteiger partial charge in [0.2, 0.25) is 0 Å². The molecule has 0 bridgehead atoms. The summed E-state index contributed by atoms with van der Waals surface area (Å²) in [6.07, 6.45) is -0.0664. The Kier molecular flexibility index (Phi) is 4.28. The van der Waals surface area contributed by atoms with Crippen molar-refractivity contribution in [2.24, 2.45) is 0 Å². The van der Waals surface area contributed by atoms with E-state index < -0.39 is 6.10 Å². The van der Waals surface area contributed by atoms with Crippen LogP contribution in [0, 0.1) is 6.92 Å². The van der Waals surface area contributed by atoms with Crippen molar-refractivity contribution in [2.75, 3.05) is 0 Å². The zero-order valence-electron chi connectivity index (χ0n) is 10.0. The standard InChI is InChI=1S/C15H14Cl2O/c1-10-2-4-11(5-3-10)15(18)8-12-6-7-13(16)9-14(12)17/h2-7,9,15,18H,8H2,1H3. The SMILES string of the molecule is Cc1ccc(C(O)Cc2ccc(Cl)cc2Cl)cc1. The average Bonchev–Trinajstić information content (AvgIpc) is 2.33. The highest BCUT2D eigenvalue weighted by molar-refractivity contribution is 6.35. The molecule has 0 aromatic heterocycles. The first-order valence-electron chi connectivity index (χ1n) is 5.75. The Labute approximate surface area is 117 Å². The maximum Gasteiger partial charge on any atom is 0.0830 e. The lowest BCUT2D eigenvalue weighted by atomic mass is 10.0. The second-order valence-corrected chi connectivity index (χ2v) is 5.21. The highest BCUT2D eigenvalue weighted by Crippen LogP contribution is 2.26. The Morgan fingerprint density at radius 2 is 1.72 bits per heavy atom. The highest BCUT2D eigenvalue weighted by atomic mass is 35.5. The number of aryl methyl sites for hydroxylation is 1. The van der Waals surface area contributed by atoms with Gasteiger partial charge in [-0.3, -0.25) is 0 Å². The summed E-state index contributed by atoms with van der Waals surface area (Å²) >= 11 is 11.9. The van der Waals surface area contributed by atoms with Gasteiger partial charge in [-0.2, -0.15) is 0 Å². The molecule has 94 valence electrons. The summed E-state index contributed by atoms with van der Waals surface area (Å²) in [5, 5.41) is 11.4. The first-order valence-corrected chi connectivity index (χ1v) is 6.50. The van der Waals surface area contributed by atoms with Crippen LogP contribution in [0.15, 0.2) is 42.5 Å². The van der Waals surface area contributed by atoms with Crippen LogP contribution in [0.4, 0.5) is 0 Å². The van der Waals surface area contributed by atoms with E-state index in [-0.39, 0.29) is 0 Å². The van der Waals surface area contributed by atoms with E-state index in [0.29, 0.717) is 16.5 Å². The molecule has 0 spiro atoms. The van der Waals surface area contributed by atoms with Crippen molar-refractivity contribution in [2.45, 2.75) is 19.4 Å². The highest BCUT2D eigenvalue weighted by Gasteiger charge is 2.11. The molecule has 2 aromatic rings. The lowest BCUT2D eigenvalue weighted by molar-refractivity contribution is 0.178. The third-order valence-corrected chi connectivity index (χ3v) is 3.48. The van der Waals surface area contributed by atoms with E-state index in [9.17, 15) is 5.11 Å². The van der Waals surface area contributed by atoms with Gasteiger partial charge < -0.3 is 5.11 Å². The van der Waals surface area contributed by atoms with Crippen LogP contribution in [0.1, 0.15) is 22.8 Å². The monoisotopic (exact) mass is 280 g/mol. The quantitative estimate of drug-likeness (QED) is 0.873. The second-order valence-electron chi connectivity index (χ2n) is 4.37. The third-order valence-electron chi connectivity index (χ3n) is 2.89. The number of benzene rings is 2. The fourth-order valence-corrected chi connectivity index (χ4v) is 2.29. The molecule has 0 heterocycles. The molecule has 2 aromatic carbocycles. The van der Waals surface area contributed by atoms with Crippen molar-refractivity contribution in [1.29, 1.82) is 0 Å². The average molecular weight is 281 g/mol. The van der Waals surface area contributed by atoms with Crippen LogP contribution in [-0.4, -0.2) is 5.11 Å². The van der Waals surface area contributed by atoms with Gasteiger partial charge in [0.05, 0.1) is 6.10 Å². The number of hydrogen-bond donors (Lipinski definition) is 1. The molecule has 1 unspecified atom stereocenters. The predicted octanol–water partition coefficient (Wildman–Crippen LogP) is 4.58. The molecule has 1 nitrogen and oxygen atoms in total. The zero-order chi connectivity index (χ0) is 13.1. The summed E-state index contributed by atoms with van der Waals surface area (Å²) in [5.41, 5.74) is 2.97. The Bertz CT molecular complexity index is 535. The topological polar surface area (TPSA) is 20.2 Å². The maximum atomic E-state index is 10.2. The zero-order valence-corrected chi connectivity index (χ0v) is 11.5. The van der Waals surface area contributed by atoms with E-state index in [1.54, 1.807) is 12.1 Å². The van der Waals surface area contributed by atoms with Crippen molar-refractivity contribution in [3.63, 3.8) is 0 Å². The molecule has 0 saturated carbocycles. The number of aliphatic hydroxyl groups excluding tert-OH is 1. The maximum absolute atomic E-state index is 10.2. The molecule has 0 aliphatic heterocycles. The van der Waals surface area contributed by atoms with Crippen molar-refractivity contribution in [1.82, 2.24) is 0 Å². The molecular weight excluding hydrogens is 267 g/mol. The molecule has 2 rings (SSSR count). The fourth-order valence-electron chi connectivity index (χ4n) is 1.80. The summed E-state index contributed by atoms with van der Waals surface area (Å²) in [5.74, 6) is 0. The van der Waals surface area contributed by atoms with Crippen LogP contribution >= 0.6 is 23.2 Å². The van der Waals surface area contributed by atoms with Crippen LogP contribution in [0.25, 0.3) is 0 Å². The Morgan fingerprint density at radius 3 is 2.33 bits per heavy atom. The molecule has 0 radical (unpaired) electrons. The van der Waals surface area contributed by atoms with Gasteiger partial charge >= 0.3 is 0 Å². The molecule has 0 amide bonds. The van der Waals surface area contributed by atoms with Crippen molar-refractivity contribution < 1.29 is 5.11 Å². The van der Waals surface area contributed by atoms with E-state index >= 15 is 0 Å². The van der Waals surface area contributed by atoms with Gasteiger partial charge in [0.25, 0.3) is 0 Å². The molecule has 3 heteroatoms. The largest absolute Gasteiger partial charge is 0.388 e. The normalized spacial score (nSPS) is 12.4. The Hall–Kier alpha value is -1.02. The van der Waals surface area contributed by atoms with Crippen molar-refractivity contribution in [3.8, 4) is 0 Å². The van der Waals surface area contributed by atoms with Gasteiger partial charge in [-0.1, -0.05) is 59.1 Å². The molecule has 1 N–H and O–H groups in total. The fraction of sp³-hybridized carbons (Fsp3) is 0.200. The first-order chi connectivity index (χ1) is 8.56. The van der Waals surface area contributed by atoms with Crippen LogP contribution in [-0.2, 0) is 6.42 Å². The minimum Gasteiger partial charge on any atom is -0.388 e. The van der Waals surface area contributed by atoms with Gasteiger partial charge in [-0.25, -0.2) is 0 Å². The lowest BCUT2D eigenvalue weighted by Gasteiger charge is -2.12. The molecule has 0 aliphatic rings. The van der Waals surface area contributed by atoms with Crippen LogP contribution in [0.5, 0.6) is 0 Å². The van der Waals surface area contributed by atoms with Gasteiger partial charge in [0.1, 0.15) is 0 Å². The van der Waals surface area contributed by atoms with Gasteiger partial charge in [-0.15, -0.1) is 0 Å². The summed E-state index contributed by atoms with van der Waals surface area (Å²) < 4.78 is 0. The summed E-state index contributed by atoms with van der Waals surface area (Å²) in [6.45, 7) is 2.02. The smallest absolute Gasteiger partial charge is 0.0830 e. The summed E-state index contributed by atoms with van der Waals surface area (Å²) in [7, 11) is 0.